The fourth-order valence-corrected chi connectivity index (χ4v) is 1.71. The molecule has 78 valence electrons. The lowest BCUT2D eigenvalue weighted by Crippen LogP contribution is -2.34. The third-order valence-corrected chi connectivity index (χ3v) is 2.88. The standard InChI is InChI=1S/C12H19NO/c1-12(2,3)9-4-7-11(14)13(8-9)10-5-6-10/h4,7-8,10-11,14H,5-6H2,1-3H3. The zero-order valence-corrected chi connectivity index (χ0v) is 9.20. The lowest BCUT2D eigenvalue weighted by Gasteiger charge is -2.32. The van der Waals surface area contributed by atoms with Gasteiger partial charge in [-0.05, 0) is 29.9 Å². The fourth-order valence-electron chi connectivity index (χ4n) is 1.71. The summed E-state index contributed by atoms with van der Waals surface area (Å²) in [6.07, 6.45) is 8.09. The van der Waals surface area contributed by atoms with Gasteiger partial charge in [0.1, 0.15) is 6.23 Å². The van der Waals surface area contributed by atoms with E-state index in [1.54, 1.807) is 0 Å². The van der Waals surface area contributed by atoms with Crippen LogP contribution in [0.4, 0.5) is 0 Å². The topological polar surface area (TPSA) is 23.5 Å². The van der Waals surface area contributed by atoms with Gasteiger partial charge in [0.25, 0.3) is 0 Å². The Labute approximate surface area is 85.9 Å². The number of allylic oxidation sites excluding steroid dienone is 2. The van der Waals surface area contributed by atoms with E-state index in [1.807, 2.05) is 12.2 Å². The Morgan fingerprint density at radius 3 is 2.50 bits per heavy atom. The van der Waals surface area contributed by atoms with E-state index in [9.17, 15) is 5.11 Å². The minimum absolute atomic E-state index is 0.170. The highest BCUT2D eigenvalue weighted by Gasteiger charge is 2.33. The van der Waals surface area contributed by atoms with E-state index in [2.05, 4.69) is 31.9 Å². The molecule has 2 rings (SSSR count). The van der Waals surface area contributed by atoms with Gasteiger partial charge in [-0.25, -0.2) is 0 Å². The van der Waals surface area contributed by atoms with Crippen LogP contribution in [0.1, 0.15) is 33.6 Å². The van der Waals surface area contributed by atoms with Crippen LogP contribution in [0.2, 0.25) is 0 Å². The van der Waals surface area contributed by atoms with Gasteiger partial charge in [-0.2, -0.15) is 0 Å². The molecule has 0 saturated heterocycles. The third-order valence-electron chi connectivity index (χ3n) is 2.88. The van der Waals surface area contributed by atoms with Gasteiger partial charge in [-0.15, -0.1) is 0 Å². The number of aliphatic hydroxyl groups excluding tert-OH is 1. The number of nitrogens with zero attached hydrogens (tertiary/aromatic N) is 1. The van der Waals surface area contributed by atoms with E-state index in [1.165, 1.54) is 18.4 Å². The largest absolute Gasteiger partial charge is 0.370 e. The molecule has 1 N–H and O–H groups in total. The third kappa shape index (κ3) is 1.85. The predicted octanol–water partition coefficient (Wildman–Crippen LogP) is 2.27. The van der Waals surface area contributed by atoms with Crippen molar-refractivity contribution >= 4 is 0 Å². The Morgan fingerprint density at radius 1 is 1.36 bits per heavy atom. The maximum atomic E-state index is 9.76. The monoisotopic (exact) mass is 193 g/mol. The van der Waals surface area contributed by atoms with Crippen LogP contribution in [-0.2, 0) is 0 Å². The van der Waals surface area contributed by atoms with Crippen molar-refractivity contribution < 1.29 is 5.11 Å². The summed E-state index contributed by atoms with van der Waals surface area (Å²) in [6.45, 7) is 6.60. The normalized spacial score (nSPS) is 27.9. The first-order valence-corrected chi connectivity index (χ1v) is 5.34. The highest BCUT2D eigenvalue weighted by atomic mass is 16.3. The van der Waals surface area contributed by atoms with Gasteiger partial charge in [-0.1, -0.05) is 26.8 Å². The minimum Gasteiger partial charge on any atom is -0.370 e. The van der Waals surface area contributed by atoms with Gasteiger partial charge in [0, 0.05) is 12.2 Å². The SMILES string of the molecule is CC(C)(C)C1=CN(C2CC2)C(O)C=C1. The Kier molecular flexibility index (Phi) is 2.18. The van der Waals surface area contributed by atoms with E-state index in [0.717, 1.165) is 0 Å². The maximum Gasteiger partial charge on any atom is 0.146 e. The van der Waals surface area contributed by atoms with E-state index in [4.69, 9.17) is 0 Å². The second-order valence-corrected chi connectivity index (χ2v) is 5.29. The van der Waals surface area contributed by atoms with Gasteiger partial charge in [-0.3, -0.25) is 0 Å². The van der Waals surface area contributed by atoms with Crippen molar-refractivity contribution in [2.75, 3.05) is 0 Å². The molecule has 0 aromatic heterocycles. The summed E-state index contributed by atoms with van der Waals surface area (Å²) in [5, 5.41) is 9.76. The van der Waals surface area contributed by atoms with Crippen molar-refractivity contribution in [1.82, 2.24) is 4.90 Å². The summed E-state index contributed by atoms with van der Waals surface area (Å²) in [4.78, 5) is 2.08. The van der Waals surface area contributed by atoms with Crippen LogP contribution in [0.5, 0.6) is 0 Å². The van der Waals surface area contributed by atoms with Crippen molar-refractivity contribution in [2.24, 2.45) is 5.41 Å². The van der Waals surface area contributed by atoms with Crippen LogP contribution in [0.25, 0.3) is 0 Å². The Hall–Kier alpha value is -0.760. The number of hydrogen-bond acceptors (Lipinski definition) is 2. The molecule has 1 saturated carbocycles. The molecule has 2 aliphatic rings. The van der Waals surface area contributed by atoms with Gasteiger partial charge < -0.3 is 10.0 Å². The Morgan fingerprint density at radius 2 is 2.00 bits per heavy atom. The summed E-state index contributed by atoms with van der Waals surface area (Å²) in [5.74, 6) is 0. The van der Waals surface area contributed by atoms with Crippen molar-refractivity contribution in [3.8, 4) is 0 Å². The van der Waals surface area contributed by atoms with Crippen LogP contribution in [0.15, 0.2) is 23.9 Å². The second kappa shape index (κ2) is 3.13. The summed E-state index contributed by atoms with van der Waals surface area (Å²) >= 11 is 0. The molecule has 14 heavy (non-hydrogen) atoms. The average Bonchev–Trinajstić information content (AvgIpc) is 2.85. The molecular formula is C12H19NO. The molecule has 0 spiro atoms. The molecule has 1 fully saturated rings. The van der Waals surface area contributed by atoms with Gasteiger partial charge >= 0.3 is 0 Å². The van der Waals surface area contributed by atoms with Crippen LogP contribution in [0.3, 0.4) is 0 Å². The van der Waals surface area contributed by atoms with Crippen molar-refractivity contribution in [3.63, 3.8) is 0 Å². The molecule has 0 radical (unpaired) electrons. The van der Waals surface area contributed by atoms with Gasteiger partial charge in [0.2, 0.25) is 0 Å². The predicted molar refractivity (Wildman–Crippen MR) is 57.5 cm³/mol. The van der Waals surface area contributed by atoms with Crippen LogP contribution in [-0.4, -0.2) is 22.3 Å². The molecule has 0 amide bonds. The van der Waals surface area contributed by atoms with E-state index in [0.29, 0.717) is 6.04 Å². The second-order valence-electron chi connectivity index (χ2n) is 5.29. The molecule has 1 atom stereocenters. The summed E-state index contributed by atoms with van der Waals surface area (Å²) < 4.78 is 0. The lowest BCUT2D eigenvalue weighted by molar-refractivity contribution is 0.0696. The molecule has 0 bridgehead atoms. The molecule has 2 heteroatoms. The number of rotatable bonds is 1. The lowest BCUT2D eigenvalue weighted by atomic mass is 9.85. The Balaban J connectivity index is 2.19. The van der Waals surface area contributed by atoms with E-state index in [-0.39, 0.29) is 5.41 Å². The highest BCUT2D eigenvalue weighted by molar-refractivity contribution is 5.29. The zero-order chi connectivity index (χ0) is 10.3. The van der Waals surface area contributed by atoms with Gasteiger partial charge in [0.15, 0.2) is 0 Å². The Bertz CT molecular complexity index is 281. The van der Waals surface area contributed by atoms with E-state index >= 15 is 0 Å². The zero-order valence-electron chi connectivity index (χ0n) is 9.20. The average molecular weight is 193 g/mol. The number of aliphatic hydroxyl groups is 1. The summed E-state index contributed by atoms with van der Waals surface area (Å²) in [5.41, 5.74) is 1.47. The van der Waals surface area contributed by atoms with Crippen LogP contribution >= 0.6 is 0 Å². The quantitative estimate of drug-likeness (QED) is 0.690. The molecule has 0 aromatic rings. The first-order valence-electron chi connectivity index (χ1n) is 5.34. The van der Waals surface area contributed by atoms with E-state index < -0.39 is 6.23 Å². The smallest absolute Gasteiger partial charge is 0.146 e. The molecule has 2 nitrogen and oxygen atoms in total. The minimum atomic E-state index is -0.409. The molecule has 1 aliphatic heterocycles. The first-order chi connectivity index (χ1) is 6.48. The van der Waals surface area contributed by atoms with Crippen LogP contribution in [0, 0.1) is 5.41 Å². The molecule has 0 aromatic carbocycles. The van der Waals surface area contributed by atoms with Crippen molar-refractivity contribution in [2.45, 2.75) is 45.9 Å². The summed E-state index contributed by atoms with van der Waals surface area (Å²) in [6, 6.07) is 0.576. The molecule has 1 aliphatic carbocycles. The fraction of sp³-hybridized carbons (Fsp3) is 0.667. The van der Waals surface area contributed by atoms with Crippen molar-refractivity contribution in [1.29, 1.82) is 0 Å². The van der Waals surface area contributed by atoms with Crippen LogP contribution < -0.4 is 0 Å². The highest BCUT2D eigenvalue weighted by Crippen LogP contribution is 2.35. The summed E-state index contributed by atoms with van der Waals surface area (Å²) in [7, 11) is 0. The van der Waals surface area contributed by atoms with Gasteiger partial charge in [0.05, 0.1) is 0 Å². The number of hydrogen-bond donors (Lipinski definition) is 1. The molecule has 1 unspecified atom stereocenters. The maximum absolute atomic E-state index is 9.76. The molecular weight excluding hydrogens is 174 g/mol. The van der Waals surface area contributed by atoms with Crippen molar-refractivity contribution in [3.05, 3.63) is 23.9 Å². The molecule has 1 heterocycles. The first kappa shape index (κ1) is 9.78.